The highest BCUT2D eigenvalue weighted by molar-refractivity contribution is 5.83. The van der Waals surface area contributed by atoms with Gasteiger partial charge in [-0.15, -0.1) is 0 Å². The van der Waals surface area contributed by atoms with Crippen molar-refractivity contribution in [3.8, 4) is 5.75 Å². The van der Waals surface area contributed by atoms with Crippen molar-refractivity contribution in [3.05, 3.63) is 29.8 Å². The second-order valence-electron chi connectivity index (χ2n) is 5.92. The molecule has 3 rings (SSSR count). The first-order valence-corrected chi connectivity index (χ1v) is 7.26. The van der Waals surface area contributed by atoms with E-state index in [1.807, 2.05) is 12.1 Å². The maximum absolute atomic E-state index is 12.5. The van der Waals surface area contributed by atoms with Crippen molar-refractivity contribution >= 4 is 5.91 Å². The highest BCUT2D eigenvalue weighted by atomic mass is 16.3. The Hall–Kier alpha value is -1.51. The van der Waals surface area contributed by atoms with E-state index in [9.17, 15) is 9.90 Å². The summed E-state index contributed by atoms with van der Waals surface area (Å²) >= 11 is 0. The summed E-state index contributed by atoms with van der Waals surface area (Å²) in [6.45, 7) is 3.09. The van der Waals surface area contributed by atoms with Gasteiger partial charge in [-0.1, -0.05) is 12.1 Å². The van der Waals surface area contributed by atoms with E-state index in [2.05, 4.69) is 11.8 Å². The Kier molecular flexibility index (Phi) is 3.21. The minimum Gasteiger partial charge on any atom is -0.508 e. The minimum absolute atomic E-state index is 0.171. The van der Waals surface area contributed by atoms with Crippen LogP contribution in [0, 0.1) is 5.92 Å². The first-order chi connectivity index (χ1) is 9.16. The van der Waals surface area contributed by atoms with E-state index in [1.54, 1.807) is 12.1 Å². The lowest BCUT2D eigenvalue weighted by Gasteiger charge is -2.33. The van der Waals surface area contributed by atoms with Crippen LogP contribution in [-0.4, -0.2) is 28.5 Å². The van der Waals surface area contributed by atoms with Gasteiger partial charge in [0.25, 0.3) is 0 Å². The van der Waals surface area contributed by atoms with Crippen molar-refractivity contribution in [3.63, 3.8) is 0 Å². The number of phenols is 1. The van der Waals surface area contributed by atoms with Crippen LogP contribution in [0.1, 0.15) is 44.1 Å². The van der Waals surface area contributed by atoms with E-state index in [0.29, 0.717) is 17.9 Å². The standard InChI is InChI=1S/C16H21NO2/c1-11-4-2-3-9-17(11)16(19)15-10-14(15)12-5-7-13(18)8-6-12/h5-8,11,14-15,18H,2-4,9-10H2,1H3. The van der Waals surface area contributed by atoms with Gasteiger partial charge in [0.05, 0.1) is 0 Å². The molecule has 1 heterocycles. The quantitative estimate of drug-likeness (QED) is 0.887. The molecule has 102 valence electrons. The van der Waals surface area contributed by atoms with E-state index in [1.165, 1.54) is 12.0 Å². The van der Waals surface area contributed by atoms with Gasteiger partial charge in [0, 0.05) is 18.5 Å². The lowest BCUT2D eigenvalue weighted by molar-refractivity contribution is -0.135. The molecule has 1 saturated heterocycles. The summed E-state index contributed by atoms with van der Waals surface area (Å²) < 4.78 is 0. The molecule has 1 aromatic rings. The van der Waals surface area contributed by atoms with Gasteiger partial charge < -0.3 is 10.0 Å². The smallest absolute Gasteiger partial charge is 0.226 e. The van der Waals surface area contributed by atoms with Crippen LogP contribution < -0.4 is 0 Å². The molecule has 0 spiro atoms. The van der Waals surface area contributed by atoms with Crippen LogP contribution in [-0.2, 0) is 4.79 Å². The van der Waals surface area contributed by atoms with E-state index >= 15 is 0 Å². The molecule has 2 fully saturated rings. The zero-order chi connectivity index (χ0) is 13.4. The Morgan fingerprint density at radius 3 is 2.68 bits per heavy atom. The molecule has 2 aliphatic rings. The largest absolute Gasteiger partial charge is 0.508 e. The molecule has 0 bridgehead atoms. The predicted octanol–water partition coefficient (Wildman–Crippen LogP) is 2.90. The number of carbonyl (C=O) groups is 1. The van der Waals surface area contributed by atoms with Gasteiger partial charge in [-0.2, -0.15) is 0 Å². The number of phenolic OH excluding ortho intramolecular Hbond substituents is 1. The molecule has 0 aromatic heterocycles. The molecule has 3 heteroatoms. The van der Waals surface area contributed by atoms with Crippen molar-refractivity contribution in [2.75, 3.05) is 6.54 Å². The highest BCUT2D eigenvalue weighted by Gasteiger charge is 2.46. The molecule has 1 aliphatic heterocycles. The van der Waals surface area contributed by atoms with Crippen molar-refractivity contribution in [1.29, 1.82) is 0 Å². The number of aromatic hydroxyl groups is 1. The van der Waals surface area contributed by atoms with Gasteiger partial charge in [0.1, 0.15) is 5.75 Å². The van der Waals surface area contributed by atoms with Gasteiger partial charge in [0.2, 0.25) is 5.91 Å². The molecule has 3 unspecified atom stereocenters. The molecule has 1 amide bonds. The van der Waals surface area contributed by atoms with E-state index in [0.717, 1.165) is 25.8 Å². The predicted molar refractivity (Wildman–Crippen MR) is 74.0 cm³/mol. The molecule has 19 heavy (non-hydrogen) atoms. The van der Waals surface area contributed by atoms with Crippen molar-refractivity contribution < 1.29 is 9.90 Å². The Morgan fingerprint density at radius 2 is 2.00 bits per heavy atom. The molecule has 1 aromatic carbocycles. The summed E-state index contributed by atoms with van der Waals surface area (Å²) in [5.74, 6) is 1.16. The minimum atomic E-state index is 0.171. The van der Waals surface area contributed by atoms with Gasteiger partial charge in [0.15, 0.2) is 0 Å². The van der Waals surface area contributed by atoms with Crippen molar-refractivity contribution in [1.82, 2.24) is 4.90 Å². The van der Waals surface area contributed by atoms with Crippen LogP contribution in [0.3, 0.4) is 0 Å². The summed E-state index contributed by atoms with van der Waals surface area (Å²) in [5, 5.41) is 9.30. The SMILES string of the molecule is CC1CCCCN1C(=O)C1CC1c1ccc(O)cc1. The molecule has 1 saturated carbocycles. The summed E-state index contributed by atoms with van der Waals surface area (Å²) in [7, 11) is 0. The monoisotopic (exact) mass is 259 g/mol. The van der Waals surface area contributed by atoms with Crippen LogP contribution in [0.4, 0.5) is 0 Å². The molecule has 3 nitrogen and oxygen atoms in total. The van der Waals surface area contributed by atoms with Gasteiger partial charge in [-0.05, 0) is 56.2 Å². The second kappa shape index (κ2) is 4.87. The summed E-state index contributed by atoms with van der Waals surface area (Å²) in [5.41, 5.74) is 1.18. The van der Waals surface area contributed by atoms with E-state index in [-0.39, 0.29) is 11.7 Å². The third kappa shape index (κ3) is 2.46. The van der Waals surface area contributed by atoms with Gasteiger partial charge >= 0.3 is 0 Å². The first kappa shape index (κ1) is 12.5. The lowest BCUT2D eigenvalue weighted by Crippen LogP contribution is -2.43. The van der Waals surface area contributed by atoms with Gasteiger partial charge in [-0.25, -0.2) is 0 Å². The average molecular weight is 259 g/mol. The van der Waals surface area contributed by atoms with Crippen LogP contribution in [0.15, 0.2) is 24.3 Å². The van der Waals surface area contributed by atoms with E-state index < -0.39 is 0 Å². The number of nitrogens with zero attached hydrogens (tertiary/aromatic N) is 1. The third-order valence-electron chi connectivity index (χ3n) is 4.51. The Labute approximate surface area is 114 Å². The molecular weight excluding hydrogens is 238 g/mol. The second-order valence-corrected chi connectivity index (χ2v) is 5.92. The Bertz CT molecular complexity index is 468. The first-order valence-electron chi connectivity index (χ1n) is 7.26. The molecule has 3 atom stereocenters. The number of piperidine rings is 1. The zero-order valence-electron chi connectivity index (χ0n) is 11.4. The normalized spacial score (nSPS) is 30.2. The van der Waals surface area contributed by atoms with E-state index in [4.69, 9.17) is 0 Å². The number of amides is 1. The molecule has 1 aliphatic carbocycles. The molecule has 1 N–H and O–H groups in total. The number of rotatable bonds is 2. The third-order valence-corrected chi connectivity index (χ3v) is 4.51. The molecular formula is C16H21NO2. The highest BCUT2D eigenvalue weighted by Crippen LogP contribution is 2.49. The number of likely N-dealkylation sites (tertiary alicyclic amines) is 1. The number of hydrogen-bond acceptors (Lipinski definition) is 2. The summed E-state index contributed by atoms with van der Waals surface area (Å²) in [4.78, 5) is 14.6. The fraction of sp³-hybridized carbons (Fsp3) is 0.562. The summed E-state index contributed by atoms with van der Waals surface area (Å²) in [6, 6.07) is 7.69. The van der Waals surface area contributed by atoms with Crippen LogP contribution in [0.2, 0.25) is 0 Å². The molecule has 0 radical (unpaired) electrons. The van der Waals surface area contributed by atoms with Crippen LogP contribution in [0.25, 0.3) is 0 Å². The lowest BCUT2D eigenvalue weighted by atomic mass is 10.0. The maximum Gasteiger partial charge on any atom is 0.226 e. The number of hydrogen-bond donors (Lipinski definition) is 1. The van der Waals surface area contributed by atoms with Crippen LogP contribution >= 0.6 is 0 Å². The topological polar surface area (TPSA) is 40.5 Å². The number of carbonyl (C=O) groups excluding carboxylic acids is 1. The van der Waals surface area contributed by atoms with Crippen molar-refractivity contribution in [2.45, 2.75) is 44.6 Å². The number of benzene rings is 1. The Morgan fingerprint density at radius 1 is 1.26 bits per heavy atom. The van der Waals surface area contributed by atoms with Crippen LogP contribution in [0.5, 0.6) is 5.75 Å². The zero-order valence-corrected chi connectivity index (χ0v) is 11.4. The van der Waals surface area contributed by atoms with Crippen molar-refractivity contribution in [2.24, 2.45) is 5.92 Å². The van der Waals surface area contributed by atoms with Gasteiger partial charge in [-0.3, -0.25) is 4.79 Å². The average Bonchev–Trinajstić information content (AvgIpc) is 3.20. The summed E-state index contributed by atoms with van der Waals surface area (Å²) in [6.07, 6.45) is 4.50. The Balaban J connectivity index is 1.65. The fourth-order valence-electron chi connectivity index (χ4n) is 3.20. The fourth-order valence-corrected chi connectivity index (χ4v) is 3.20. The maximum atomic E-state index is 12.5.